The number of nitrogens with zero attached hydrogens (tertiary/aromatic N) is 2. The van der Waals surface area contributed by atoms with Crippen LogP contribution in [-0.2, 0) is 54.0 Å². The highest BCUT2D eigenvalue weighted by Crippen LogP contribution is 2.42. The molecule has 0 amide bonds. The summed E-state index contributed by atoms with van der Waals surface area (Å²) in [6, 6.07) is 18.7. The average molecular weight is 1020 g/mol. The van der Waals surface area contributed by atoms with Crippen molar-refractivity contribution in [3.63, 3.8) is 0 Å². The van der Waals surface area contributed by atoms with Crippen molar-refractivity contribution in [2.24, 2.45) is 28.8 Å². The van der Waals surface area contributed by atoms with Crippen molar-refractivity contribution in [3.05, 3.63) is 66.2 Å². The Morgan fingerprint density at radius 1 is 0.861 bits per heavy atom. The van der Waals surface area contributed by atoms with E-state index >= 15 is 0 Å². The highest BCUT2D eigenvalue weighted by atomic mass is 16.7. The molecule has 0 aliphatic carbocycles. The zero-order chi connectivity index (χ0) is 53.1. The molecule has 0 radical (unpaired) electrons. The van der Waals surface area contributed by atoms with Crippen molar-refractivity contribution >= 4 is 17.7 Å². The van der Waals surface area contributed by atoms with Crippen LogP contribution in [0.1, 0.15) is 113 Å². The van der Waals surface area contributed by atoms with E-state index in [0.29, 0.717) is 31.6 Å². The maximum Gasteiger partial charge on any atom is 0.311 e. The summed E-state index contributed by atoms with van der Waals surface area (Å²) in [5.41, 5.74) is -3.56. The highest BCUT2D eigenvalue weighted by Gasteiger charge is 2.54. The topological polar surface area (TPSA) is 214 Å². The molecule has 3 aliphatic rings. The summed E-state index contributed by atoms with van der Waals surface area (Å²) < 4.78 is 50.8. The van der Waals surface area contributed by atoms with E-state index in [1.807, 2.05) is 100 Å². The Balaban J connectivity index is 1.51. The fraction of sp³-hybridized carbons (Fsp3) is 0.727. The van der Waals surface area contributed by atoms with Gasteiger partial charge < -0.3 is 68.1 Å². The Morgan fingerprint density at radius 2 is 1.51 bits per heavy atom. The summed E-state index contributed by atoms with van der Waals surface area (Å²) in [5.74, 6) is -3.93. The number of aryl methyl sites for hydroxylation is 1. The van der Waals surface area contributed by atoms with Gasteiger partial charge in [-0.3, -0.25) is 9.59 Å². The summed E-state index contributed by atoms with van der Waals surface area (Å²) in [6.45, 7) is 17.8. The molecule has 3 fully saturated rings. The molecule has 2 unspecified atom stereocenters. The van der Waals surface area contributed by atoms with Crippen molar-refractivity contribution in [2.75, 3.05) is 34.4 Å². The molecule has 3 aliphatic heterocycles. The first-order chi connectivity index (χ1) is 33.9. The van der Waals surface area contributed by atoms with E-state index in [-0.39, 0.29) is 44.4 Å². The molecule has 406 valence electrons. The number of cyclic esters (lactones) is 1. The number of carbonyl (C=O) groups is 2. The van der Waals surface area contributed by atoms with Crippen LogP contribution in [0.2, 0.25) is 0 Å². The van der Waals surface area contributed by atoms with E-state index < -0.39 is 108 Å². The average Bonchev–Trinajstić information content (AvgIpc) is 3.34. The van der Waals surface area contributed by atoms with Crippen molar-refractivity contribution in [2.45, 2.75) is 198 Å². The molecule has 0 bridgehead atoms. The van der Waals surface area contributed by atoms with Gasteiger partial charge in [0.1, 0.15) is 35.8 Å². The quantitative estimate of drug-likeness (QED) is 0.0784. The summed E-state index contributed by atoms with van der Waals surface area (Å²) in [4.78, 5) is 35.8. The Bertz CT molecular complexity index is 2010. The molecule has 0 spiro atoms. The van der Waals surface area contributed by atoms with E-state index in [2.05, 4.69) is 5.16 Å². The summed E-state index contributed by atoms with van der Waals surface area (Å²) in [6.07, 6.45) is -8.55. The maximum absolute atomic E-state index is 14.7. The number of aliphatic hydroxyl groups excluding tert-OH is 2. The standard InChI is InChI=1S/C55H86N2O15/c1-14-42-55(10,63)48(60)35(4)45(56-66-29-21-28-65-40-24-19-16-20-25-40)33(2)31-53(8,62)49(72-52-46(59)41(57(11)12)30-34(3)67-52)36(5)47(37(6)51(61)69-42)71-44-32-54(9,64-13)50(38(7)68-44)70-43(58)27-26-39-22-17-15-18-23-39/h15-20,22-25,33-38,41-42,44,46-50,52,59-60,62-63H,14,21,26-32H2,1-13H3/b56-45+/t33-,34-,35+,36+,37-,38+,41+,42-,44?,46-,47+,48-,49-,50+,52+,53?,54-,55-/m1/s1. The van der Waals surface area contributed by atoms with Crippen LogP contribution in [0.4, 0.5) is 0 Å². The summed E-state index contributed by atoms with van der Waals surface area (Å²) in [5, 5.41) is 53.8. The van der Waals surface area contributed by atoms with Gasteiger partial charge in [-0.2, -0.15) is 0 Å². The second-order valence-electron chi connectivity index (χ2n) is 21.4. The number of hydrogen-bond acceptors (Lipinski definition) is 17. The molecule has 72 heavy (non-hydrogen) atoms. The molecule has 4 N–H and O–H groups in total. The number of oxime groups is 1. The first kappa shape index (κ1) is 59.1. The minimum atomic E-state index is -1.99. The number of benzene rings is 2. The molecule has 0 aromatic heterocycles. The Morgan fingerprint density at radius 3 is 2.14 bits per heavy atom. The lowest BCUT2D eigenvalue weighted by Crippen LogP contribution is -2.61. The third-order valence-electron chi connectivity index (χ3n) is 15.1. The third-order valence-corrected chi connectivity index (χ3v) is 15.1. The molecular weight excluding hydrogens is 929 g/mol. The number of ether oxygens (including phenoxy) is 8. The van der Waals surface area contributed by atoms with Gasteiger partial charge in [-0.1, -0.05) is 81.4 Å². The van der Waals surface area contributed by atoms with Gasteiger partial charge in [0.2, 0.25) is 0 Å². The molecular formula is C55H86N2O15. The van der Waals surface area contributed by atoms with Crippen LogP contribution in [0.15, 0.2) is 65.8 Å². The second-order valence-corrected chi connectivity index (χ2v) is 21.4. The van der Waals surface area contributed by atoms with E-state index in [0.717, 1.165) is 11.3 Å². The largest absolute Gasteiger partial charge is 0.493 e. The second kappa shape index (κ2) is 26.1. The van der Waals surface area contributed by atoms with Crippen molar-refractivity contribution in [1.29, 1.82) is 0 Å². The normalized spacial score (nSPS) is 38.9. The first-order valence-corrected chi connectivity index (χ1v) is 25.9. The van der Waals surface area contributed by atoms with Crippen molar-refractivity contribution in [1.82, 2.24) is 4.90 Å². The minimum Gasteiger partial charge on any atom is -0.493 e. The number of methoxy groups -OCH3 is 1. The van der Waals surface area contributed by atoms with E-state index in [1.165, 1.54) is 14.0 Å². The monoisotopic (exact) mass is 1010 g/mol. The molecule has 2 aromatic rings. The lowest BCUT2D eigenvalue weighted by Gasteiger charge is -2.49. The molecule has 17 nitrogen and oxygen atoms in total. The molecule has 3 saturated heterocycles. The smallest absolute Gasteiger partial charge is 0.311 e. The molecule has 18 atom stereocenters. The van der Waals surface area contributed by atoms with Crippen LogP contribution in [0.25, 0.3) is 0 Å². The molecule has 3 heterocycles. The number of carbonyl (C=O) groups excluding carboxylic acids is 2. The molecule has 0 saturated carbocycles. The minimum absolute atomic E-state index is 0.0330. The lowest BCUT2D eigenvalue weighted by atomic mass is 9.73. The number of hydrogen-bond donors (Lipinski definition) is 4. The van der Waals surface area contributed by atoms with Gasteiger partial charge in [0.15, 0.2) is 18.7 Å². The van der Waals surface area contributed by atoms with Gasteiger partial charge in [-0.05, 0) is 99.0 Å². The van der Waals surface area contributed by atoms with Crippen LogP contribution >= 0.6 is 0 Å². The highest BCUT2D eigenvalue weighted by molar-refractivity contribution is 5.88. The van der Waals surface area contributed by atoms with Gasteiger partial charge in [-0.15, -0.1) is 0 Å². The van der Waals surface area contributed by atoms with Gasteiger partial charge in [-0.25, -0.2) is 0 Å². The maximum atomic E-state index is 14.7. The van der Waals surface area contributed by atoms with E-state index in [1.54, 1.807) is 41.5 Å². The van der Waals surface area contributed by atoms with Crippen molar-refractivity contribution in [3.8, 4) is 5.75 Å². The predicted octanol–water partition coefficient (Wildman–Crippen LogP) is 6.24. The number of para-hydroxylation sites is 1. The third kappa shape index (κ3) is 15.0. The zero-order valence-corrected chi connectivity index (χ0v) is 45.0. The van der Waals surface area contributed by atoms with Gasteiger partial charge >= 0.3 is 11.9 Å². The predicted molar refractivity (Wildman–Crippen MR) is 270 cm³/mol. The molecule has 2 aromatic carbocycles. The molecule has 17 heteroatoms. The summed E-state index contributed by atoms with van der Waals surface area (Å²) >= 11 is 0. The van der Waals surface area contributed by atoms with Crippen LogP contribution in [-0.4, -0.2) is 162 Å². The Kier molecular flexibility index (Phi) is 21.5. The van der Waals surface area contributed by atoms with Gasteiger partial charge in [0, 0.05) is 50.2 Å². The zero-order valence-electron chi connectivity index (χ0n) is 45.0. The van der Waals surface area contributed by atoms with Crippen LogP contribution < -0.4 is 4.74 Å². The van der Waals surface area contributed by atoms with E-state index in [4.69, 9.17) is 42.7 Å². The molecule has 5 rings (SSSR count). The van der Waals surface area contributed by atoms with Gasteiger partial charge in [0.25, 0.3) is 0 Å². The van der Waals surface area contributed by atoms with Gasteiger partial charge in [0.05, 0.1) is 54.4 Å². The number of rotatable bonds is 17. The Hall–Kier alpha value is -3.75. The Labute approximate surface area is 427 Å². The first-order valence-electron chi connectivity index (χ1n) is 25.9. The fourth-order valence-electron chi connectivity index (χ4n) is 10.8. The summed E-state index contributed by atoms with van der Waals surface area (Å²) in [7, 11) is 5.26. The van der Waals surface area contributed by atoms with Crippen LogP contribution in [0, 0.1) is 23.7 Å². The van der Waals surface area contributed by atoms with E-state index in [9.17, 15) is 30.0 Å². The van der Waals surface area contributed by atoms with Crippen molar-refractivity contribution < 1.29 is 72.7 Å². The fourth-order valence-corrected chi connectivity index (χ4v) is 10.8. The van der Waals surface area contributed by atoms with Crippen LogP contribution in [0.5, 0.6) is 5.75 Å². The number of aliphatic hydroxyl groups is 4. The number of likely N-dealkylation sites (N-methyl/N-ethyl adjacent to an activating group) is 1. The SMILES string of the molecule is CC[C@H]1OC(=O)[C@H](C)[C@@H](OC2C[C@@](C)(OC)[C@@H](OC(=O)CCc3ccccc3)[C@H](C)O2)[C@H](C)[C@@H](O[C@@H]2O[C@H](C)C[C@H](N(C)C)[C@H]2O)C(C)(O)C[C@@H](C)/C(=N\OCCCOc2ccccc2)[C@H](C)[C@@H](O)[C@]1(C)O. The lowest BCUT2D eigenvalue weighted by molar-refractivity contribution is -0.318. The number of esters is 2. The van der Waals surface area contributed by atoms with Crippen LogP contribution in [0.3, 0.4) is 0 Å².